The zero-order valence-electron chi connectivity index (χ0n) is 18.0. The highest BCUT2D eigenvalue weighted by Gasteiger charge is 2.34. The molecule has 0 saturated heterocycles. The van der Waals surface area contributed by atoms with Crippen molar-refractivity contribution in [3.63, 3.8) is 0 Å². The van der Waals surface area contributed by atoms with E-state index in [1.165, 1.54) is 22.0 Å². The summed E-state index contributed by atoms with van der Waals surface area (Å²) in [5, 5.41) is 8.72. The van der Waals surface area contributed by atoms with E-state index in [1.54, 1.807) is 26.3 Å². The third-order valence-corrected chi connectivity index (χ3v) is 5.07. The molecule has 31 heavy (non-hydrogen) atoms. The first kappa shape index (κ1) is 22.3. The van der Waals surface area contributed by atoms with Gasteiger partial charge in [-0.05, 0) is 36.2 Å². The molecule has 3 rings (SSSR count). The average Bonchev–Trinajstić information content (AvgIpc) is 3.23. The van der Waals surface area contributed by atoms with Crippen molar-refractivity contribution in [2.24, 2.45) is 5.10 Å². The molecule has 7 nitrogen and oxygen atoms in total. The molecule has 1 aliphatic rings. The lowest BCUT2D eigenvalue weighted by Gasteiger charge is -2.25. The average molecular weight is 426 g/mol. The Morgan fingerprint density at radius 3 is 2.68 bits per heavy atom. The van der Waals surface area contributed by atoms with E-state index < -0.39 is 0 Å². The van der Waals surface area contributed by atoms with Crippen LogP contribution in [0, 0.1) is 5.82 Å². The van der Waals surface area contributed by atoms with Crippen molar-refractivity contribution in [3.8, 4) is 5.75 Å². The highest BCUT2D eigenvalue weighted by atomic mass is 19.1. The molecule has 1 atom stereocenters. The quantitative estimate of drug-likeness (QED) is 0.736. The van der Waals surface area contributed by atoms with Crippen LogP contribution in [0.3, 0.4) is 0 Å². The Labute approximate surface area is 181 Å². The number of likely N-dealkylation sites (N-methyl/N-ethyl adjacent to an activating group) is 1. The lowest BCUT2D eigenvalue weighted by molar-refractivity contribution is -0.133. The van der Waals surface area contributed by atoms with Gasteiger partial charge >= 0.3 is 6.03 Å². The summed E-state index contributed by atoms with van der Waals surface area (Å²) in [6.45, 7) is 2.37. The standard InChI is InChI=1S/C23H27FN4O3/c1-4-12-25-23(30)27(2)15-22(29)28-21(16-8-10-18(24)11-9-16)14-20(26-28)17-6-5-7-19(13-17)31-3/h5-11,13,21H,4,12,14-15H2,1-3H3,(H,25,30)/t21-/m1/s1. The van der Waals surface area contributed by atoms with Crippen LogP contribution in [-0.4, -0.2) is 54.8 Å². The summed E-state index contributed by atoms with van der Waals surface area (Å²) in [5.74, 6) is 0.0258. The maximum absolute atomic E-state index is 13.4. The van der Waals surface area contributed by atoms with E-state index in [-0.39, 0.29) is 30.3 Å². The molecule has 0 fully saturated rings. The second-order valence-electron chi connectivity index (χ2n) is 7.38. The van der Waals surface area contributed by atoms with E-state index in [0.717, 1.165) is 23.3 Å². The van der Waals surface area contributed by atoms with Crippen LogP contribution in [0.1, 0.15) is 36.9 Å². The van der Waals surface area contributed by atoms with Crippen LogP contribution in [0.4, 0.5) is 9.18 Å². The first-order valence-electron chi connectivity index (χ1n) is 10.2. The smallest absolute Gasteiger partial charge is 0.317 e. The van der Waals surface area contributed by atoms with Crippen LogP contribution in [0.5, 0.6) is 5.75 Å². The summed E-state index contributed by atoms with van der Waals surface area (Å²) < 4.78 is 18.7. The van der Waals surface area contributed by atoms with Crippen molar-refractivity contribution in [3.05, 3.63) is 65.5 Å². The molecule has 0 aliphatic carbocycles. The molecule has 0 aromatic heterocycles. The molecule has 0 spiro atoms. The normalized spacial score (nSPS) is 15.4. The number of hydrazone groups is 1. The van der Waals surface area contributed by atoms with Crippen LogP contribution in [-0.2, 0) is 4.79 Å². The van der Waals surface area contributed by atoms with Gasteiger partial charge in [0.15, 0.2) is 0 Å². The van der Waals surface area contributed by atoms with Crippen LogP contribution < -0.4 is 10.1 Å². The number of rotatable bonds is 7. The van der Waals surface area contributed by atoms with E-state index in [2.05, 4.69) is 10.4 Å². The highest BCUT2D eigenvalue weighted by Crippen LogP contribution is 2.33. The van der Waals surface area contributed by atoms with Crippen LogP contribution in [0.25, 0.3) is 0 Å². The summed E-state index contributed by atoms with van der Waals surface area (Å²) in [4.78, 5) is 26.6. The zero-order chi connectivity index (χ0) is 22.4. The fourth-order valence-electron chi connectivity index (χ4n) is 3.38. The molecule has 0 saturated carbocycles. The van der Waals surface area contributed by atoms with Gasteiger partial charge in [0.25, 0.3) is 5.91 Å². The minimum absolute atomic E-state index is 0.123. The minimum atomic E-state index is -0.388. The van der Waals surface area contributed by atoms with Gasteiger partial charge in [-0.3, -0.25) is 4.79 Å². The predicted molar refractivity (Wildman–Crippen MR) is 116 cm³/mol. The predicted octanol–water partition coefficient (Wildman–Crippen LogP) is 3.56. The molecule has 0 unspecified atom stereocenters. The van der Waals surface area contributed by atoms with Gasteiger partial charge in [0.2, 0.25) is 0 Å². The monoisotopic (exact) mass is 426 g/mol. The number of ether oxygens (including phenoxy) is 1. The Hall–Kier alpha value is -3.42. The number of nitrogens with zero attached hydrogens (tertiary/aromatic N) is 3. The Bertz CT molecular complexity index is 962. The van der Waals surface area contributed by atoms with Crippen molar-refractivity contribution in [1.82, 2.24) is 15.2 Å². The van der Waals surface area contributed by atoms with Gasteiger partial charge in [0, 0.05) is 25.6 Å². The molecule has 0 bridgehead atoms. The number of halogens is 1. The third kappa shape index (κ3) is 5.39. The molecule has 2 aromatic carbocycles. The van der Waals surface area contributed by atoms with Gasteiger partial charge in [0.1, 0.15) is 18.1 Å². The molecule has 3 amide bonds. The summed E-state index contributed by atoms with van der Waals surface area (Å²) >= 11 is 0. The van der Waals surface area contributed by atoms with Crippen LogP contribution in [0.2, 0.25) is 0 Å². The minimum Gasteiger partial charge on any atom is -0.497 e. The van der Waals surface area contributed by atoms with Crippen LogP contribution >= 0.6 is 0 Å². The van der Waals surface area contributed by atoms with Gasteiger partial charge in [0.05, 0.1) is 18.9 Å². The number of carbonyl (C=O) groups excluding carboxylic acids is 2. The number of hydrogen-bond acceptors (Lipinski definition) is 4. The number of carbonyl (C=O) groups is 2. The van der Waals surface area contributed by atoms with Crippen molar-refractivity contribution in [1.29, 1.82) is 0 Å². The Kier molecular flexibility index (Phi) is 7.23. The third-order valence-electron chi connectivity index (χ3n) is 5.07. The second-order valence-corrected chi connectivity index (χ2v) is 7.38. The SMILES string of the molecule is CCCNC(=O)N(C)CC(=O)N1N=C(c2cccc(OC)c2)C[C@@H]1c1ccc(F)cc1. The van der Waals surface area contributed by atoms with Crippen molar-refractivity contribution < 1.29 is 18.7 Å². The van der Waals surface area contributed by atoms with E-state index >= 15 is 0 Å². The first-order chi connectivity index (χ1) is 14.9. The fourth-order valence-corrected chi connectivity index (χ4v) is 3.38. The molecular formula is C23H27FN4O3. The molecular weight excluding hydrogens is 399 g/mol. The lowest BCUT2D eigenvalue weighted by Crippen LogP contribution is -2.43. The van der Waals surface area contributed by atoms with Crippen LogP contribution in [0.15, 0.2) is 53.6 Å². The highest BCUT2D eigenvalue weighted by molar-refractivity contribution is 6.03. The van der Waals surface area contributed by atoms with E-state index in [1.807, 2.05) is 31.2 Å². The number of hydrogen-bond donors (Lipinski definition) is 1. The number of urea groups is 1. The fraction of sp³-hybridized carbons (Fsp3) is 0.348. The van der Waals surface area contributed by atoms with Gasteiger partial charge < -0.3 is 15.0 Å². The molecule has 1 N–H and O–H groups in total. The van der Waals surface area contributed by atoms with Crippen molar-refractivity contribution >= 4 is 17.6 Å². The molecule has 1 aliphatic heterocycles. The maximum atomic E-state index is 13.4. The Balaban J connectivity index is 1.85. The van der Waals surface area contributed by atoms with Gasteiger partial charge in [-0.15, -0.1) is 0 Å². The zero-order valence-corrected chi connectivity index (χ0v) is 18.0. The van der Waals surface area contributed by atoms with E-state index in [4.69, 9.17) is 4.74 Å². The number of benzene rings is 2. The van der Waals surface area contributed by atoms with Gasteiger partial charge in [-0.2, -0.15) is 5.10 Å². The topological polar surface area (TPSA) is 74.2 Å². The largest absolute Gasteiger partial charge is 0.497 e. The van der Waals surface area contributed by atoms with E-state index in [9.17, 15) is 14.0 Å². The molecule has 8 heteroatoms. The summed E-state index contributed by atoms with van der Waals surface area (Å²) in [6, 6.07) is 12.8. The molecule has 164 valence electrons. The maximum Gasteiger partial charge on any atom is 0.317 e. The molecule has 1 heterocycles. The van der Waals surface area contributed by atoms with Crippen molar-refractivity contribution in [2.75, 3.05) is 27.2 Å². The molecule has 2 aromatic rings. The van der Waals surface area contributed by atoms with E-state index in [0.29, 0.717) is 18.7 Å². The first-order valence-corrected chi connectivity index (χ1v) is 10.2. The molecule has 0 radical (unpaired) electrons. The van der Waals surface area contributed by atoms with Gasteiger partial charge in [-0.25, -0.2) is 14.2 Å². The number of methoxy groups -OCH3 is 1. The second kappa shape index (κ2) is 10.1. The van der Waals surface area contributed by atoms with Crippen molar-refractivity contribution in [2.45, 2.75) is 25.8 Å². The Morgan fingerprint density at radius 2 is 2.00 bits per heavy atom. The summed E-state index contributed by atoms with van der Waals surface area (Å²) in [5.41, 5.74) is 2.34. The number of nitrogens with one attached hydrogen (secondary N) is 1. The summed E-state index contributed by atoms with van der Waals surface area (Å²) in [7, 11) is 3.16. The number of amides is 3. The van der Waals surface area contributed by atoms with Gasteiger partial charge in [-0.1, -0.05) is 31.2 Å². The lowest BCUT2D eigenvalue weighted by atomic mass is 9.98. The summed E-state index contributed by atoms with van der Waals surface area (Å²) in [6.07, 6.45) is 1.27. The Morgan fingerprint density at radius 1 is 1.26 bits per heavy atom.